The summed E-state index contributed by atoms with van der Waals surface area (Å²) in [7, 11) is 0. The average molecular weight is 316 g/mol. The molecule has 0 saturated heterocycles. The van der Waals surface area contributed by atoms with E-state index in [1.807, 2.05) is 39.0 Å². The van der Waals surface area contributed by atoms with Crippen LogP contribution in [0.3, 0.4) is 0 Å². The van der Waals surface area contributed by atoms with Gasteiger partial charge < -0.3 is 9.47 Å². The summed E-state index contributed by atoms with van der Waals surface area (Å²) < 4.78 is 11.4. The van der Waals surface area contributed by atoms with E-state index in [0.29, 0.717) is 24.4 Å². The molecule has 1 unspecified atom stereocenters. The Balaban J connectivity index is 1.40. The lowest BCUT2D eigenvalue weighted by atomic mass is 9.37. The molecular formula is C20H28O3. The summed E-state index contributed by atoms with van der Waals surface area (Å²) >= 11 is 0. The van der Waals surface area contributed by atoms with Crippen LogP contribution in [0, 0.1) is 17.3 Å². The molecule has 3 heteroatoms. The van der Waals surface area contributed by atoms with Gasteiger partial charge in [-0.1, -0.05) is 30.3 Å². The first-order valence-electron chi connectivity index (χ1n) is 8.71. The highest BCUT2D eigenvalue weighted by molar-refractivity contribution is 5.69. The molecule has 23 heavy (non-hydrogen) atoms. The summed E-state index contributed by atoms with van der Waals surface area (Å²) in [6.45, 7) is 7.28. The van der Waals surface area contributed by atoms with Crippen molar-refractivity contribution in [3.05, 3.63) is 35.9 Å². The maximum atomic E-state index is 11.9. The molecule has 4 rings (SSSR count). The van der Waals surface area contributed by atoms with Gasteiger partial charge in [-0.15, -0.1) is 0 Å². The van der Waals surface area contributed by atoms with Crippen LogP contribution in [0.1, 0.15) is 52.0 Å². The smallest absolute Gasteiger partial charge is 0.306 e. The largest absolute Gasteiger partial charge is 0.460 e. The van der Waals surface area contributed by atoms with Crippen LogP contribution < -0.4 is 0 Å². The minimum Gasteiger partial charge on any atom is -0.460 e. The third-order valence-electron chi connectivity index (χ3n) is 5.27. The zero-order valence-corrected chi connectivity index (χ0v) is 14.5. The fourth-order valence-corrected chi connectivity index (χ4v) is 4.13. The van der Waals surface area contributed by atoms with Gasteiger partial charge in [0.1, 0.15) is 5.60 Å². The van der Waals surface area contributed by atoms with E-state index in [1.165, 1.54) is 18.4 Å². The molecule has 3 nitrogen and oxygen atoms in total. The minimum absolute atomic E-state index is 0.0656. The van der Waals surface area contributed by atoms with Crippen LogP contribution in [0.25, 0.3) is 0 Å². The third kappa shape index (κ3) is 3.77. The number of hydrogen-bond donors (Lipinski definition) is 0. The fraction of sp³-hybridized carbons (Fsp3) is 0.650. The van der Waals surface area contributed by atoms with Crippen molar-refractivity contribution in [3.63, 3.8) is 0 Å². The van der Waals surface area contributed by atoms with Crippen LogP contribution in [-0.2, 0) is 20.9 Å². The van der Waals surface area contributed by atoms with Crippen molar-refractivity contribution >= 4 is 5.97 Å². The number of esters is 1. The standard InChI is InChI=1S/C20H28O3/c1-19(2,3)23-18(21)10-9-17-16-11-20(17,12-16)14-22-13-15-7-5-4-6-8-15/h4-8,16-17H,9-14H2,1-3H3. The number of hydrogen-bond acceptors (Lipinski definition) is 3. The average Bonchev–Trinajstić information content (AvgIpc) is 2.40. The van der Waals surface area contributed by atoms with E-state index in [2.05, 4.69) is 12.1 Å². The number of ether oxygens (including phenoxy) is 2. The van der Waals surface area contributed by atoms with Crippen molar-refractivity contribution in [2.45, 2.75) is 58.7 Å². The Bertz CT molecular complexity index is 538. The van der Waals surface area contributed by atoms with Crippen LogP contribution in [0.15, 0.2) is 30.3 Å². The molecule has 0 aromatic heterocycles. The molecule has 0 spiro atoms. The van der Waals surface area contributed by atoms with Gasteiger partial charge in [-0.2, -0.15) is 0 Å². The van der Waals surface area contributed by atoms with Gasteiger partial charge in [0, 0.05) is 6.42 Å². The van der Waals surface area contributed by atoms with E-state index in [-0.39, 0.29) is 11.6 Å². The van der Waals surface area contributed by atoms with Crippen LogP contribution in [-0.4, -0.2) is 18.2 Å². The molecular weight excluding hydrogens is 288 g/mol. The van der Waals surface area contributed by atoms with Gasteiger partial charge in [0.15, 0.2) is 0 Å². The molecule has 1 aromatic rings. The lowest BCUT2D eigenvalue weighted by molar-refractivity contribution is -0.227. The second-order valence-corrected chi connectivity index (χ2v) is 8.24. The maximum Gasteiger partial charge on any atom is 0.306 e. The van der Waals surface area contributed by atoms with Crippen molar-refractivity contribution in [3.8, 4) is 0 Å². The quantitative estimate of drug-likeness (QED) is 0.702. The molecule has 0 heterocycles. The van der Waals surface area contributed by atoms with E-state index >= 15 is 0 Å². The van der Waals surface area contributed by atoms with E-state index in [0.717, 1.165) is 18.9 Å². The molecule has 3 aliphatic carbocycles. The molecule has 2 bridgehead atoms. The Morgan fingerprint density at radius 2 is 1.91 bits per heavy atom. The van der Waals surface area contributed by atoms with Gasteiger partial charge >= 0.3 is 5.97 Å². The Kier molecular flexibility index (Phi) is 4.50. The Labute approximate surface area is 139 Å². The van der Waals surface area contributed by atoms with Gasteiger partial charge in [-0.3, -0.25) is 4.79 Å². The zero-order chi connectivity index (χ0) is 16.5. The van der Waals surface area contributed by atoms with E-state index in [1.54, 1.807) is 0 Å². The molecule has 3 fully saturated rings. The summed E-state index contributed by atoms with van der Waals surface area (Å²) in [5, 5.41) is 0. The van der Waals surface area contributed by atoms with Gasteiger partial charge in [-0.05, 0) is 62.8 Å². The van der Waals surface area contributed by atoms with Gasteiger partial charge in [-0.25, -0.2) is 0 Å². The van der Waals surface area contributed by atoms with Crippen molar-refractivity contribution in [1.82, 2.24) is 0 Å². The molecule has 3 saturated carbocycles. The first kappa shape index (κ1) is 16.5. The monoisotopic (exact) mass is 316 g/mol. The fourth-order valence-electron chi connectivity index (χ4n) is 4.13. The second-order valence-electron chi connectivity index (χ2n) is 8.24. The number of benzene rings is 1. The van der Waals surface area contributed by atoms with Crippen molar-refractivity contribution in [2.24, 2.45) is 17.3 Å². The third-order valence-corrected chi connectivity index (χ3v) is 5.27. The molecule has 0 radical (unpaired) electrons. The van der Waals surface area contributed by atoms with E-state index in [9.17, 15) is 4.79 Å². The molecule has 126 valence electrons. The lowest BCUT2D eigenvalue weighted by Gasteiger charge is -2.68. The van der Waals surface area contributed by atoms with Crippen LogP contribution >= 0.6 is 0 Å². The van der Waals surface area contributed by atoms with E-state index in [4.69, 9.17) is 9.47 Å². The lowest BCUT2D eigenvalue weighted by Crippen LogP contribution is -2.63. The summed E-state index contributed by atoms with van der Waals surface area (Å²) in [4.78, 5) is 11.9. The molecule has 1 aromatic carbocycles. The first-order valence-corrected chi connectivity index (χ1v) is 8.71. The Morgan fingerprint density at radius 1 is 1.22 bits per heavy atom. The summed E-state index contributed by atoms with van der Waals surface area (Å²) in [5.74, 6) is 1.41. The highest BCUT2D eigenvalue weighted by Gasteiger charge is 2.64. The van der Waals surface area contributed by atoms with Crippen molar-refractivity contribution < 1.29 is 14.3 Å². The maximum absolute atomic E-state index is 11.9. The van der Waals surface area contributed by atoms with E-state index < -0.39 is 0 Å². The number of rotatable bonds is 7. The SMILES string of the molecule is CC(C)(C)OC(=O)CCC1C2CC1(COCc1ccccc1)C2. The van der Waals surface area contributed by atoms with Gasteiger partial charge in [0.05, 0.1) is 13.2 Å². The summed E-state index contributed by atoms with van der Waals surface area (Å²) in [6.07, 6.45) is 4.05. The first-order chi connectivity index (χ1) is 10.9. The zero-order valence-electron chi connectivity index (χ0n) is 14.5. The van der Waals surface area contributed by atoms with Gasteiger partial charge in [0.25, 0.3) is 0 Å². The second kappa shape index (κ2) is 6.27. The minimum atomic E-state index is -0.379. The Morgan fingerprint density at radius 3 is 2.48 bits per heavy atom. The number of carbonyl (C=O) groups is 1. The Hall–Kier alpha value is -1.35. The number of carbonyl (C=O) groups excluding carboxylic acids is 1. The molecule has 0 N–H and O–H groups in total. The summed E-state index contributed by atoms with van der Waals surface area (Å²) in [6, 6.07) is 10.3. The van der Waals surface area contributed by atoms with Gasteiger partial charge in [0.2, 0.25) is 0 Å². The topological polar surface area (TPSA) is 35.5 Å². The molecule has 0 aliphatic heterocycles. The summed E-state index contributed by atoms with van der Waals surface area (Å²) in [5.41, 5.74) is 1.20. The normalized spacial score (nSPS) is 28.7. The highest BCUT2D eigenvalue weighted by Crippen LogP contribution is 2.70. The van der Waals surface area contributed by atoms with Crippen LogP contribution in [0.5, 0.6) is 0 Å². The predicted octanol–water partition coefficient (Wildman–Crippen LogP) is 4.35. The molecule has 0 amide bonds. The van der Waals surface area contributed by atoms with Crippen molar-refractivity contribution in [2.75, 3.05) is 6.61 Å². The van der Waals surface area contributed by atoms with Crippen molar-refractivity contribution in [1.29, 1.82) is 0 Å². The highest BCUT2D eigenvalue weighted by atomic mass is 16.6. The predicted molar refractivity (Wildman–Crippen MR) is 89.8 cm³/mol. The van der Waals surface area contributed by atoms with Crippen LogP contribution in [0.4, 0.5) is 0 Å². The molecule has 1 atom stereocenters. The van der Waals surface area contributed by atoms with Crippen LogP contribution in [0.2, 0.25) is 0 Å². The molecule has 3 aliphatic rings.